The lowest BCUT2D eigenvalue weighted by atomic mass is 10.2. The Balaban J connectivity index is 2.22. The summed E-state index contributed by atoms with van der Waals surface area (Å²) in [5.41, 5.74) is 2.13. The highest BCUT2D eigenvalue weighted by atomic mass is 35.5. The summed E-state index contributed by atoms with van der Waals surface area (Å²) < 4.78 is 7.50. The number of hydrogen-bond acceptors (Lipinski definition) is 3. The Morgan fingerprint density at radius 3 is 2.84 bits per heavy atom. The van der Waals surface area contributed by atoms with Crippen LogP contribution in [0.25, 0.3) is 0 Å². The van der Waals surface area contributed by atoms with Gasteiger partial charge in [0.15, 0.2) is 0 Å². The molecular formula is C14H14ClN3O. The molecule has 0 atom stereocenters. The van der Waals surface area contributed by atoms with Crippen LogP contribution in [-0.4, -0.2) is 9.78 Å². The summed E-state index contributed by atoms with van der Waals surface area (Å²) >= 11 is 6.20. The number of aromatic nitrogens is 2. The van der Waals surface area contributed by atoms with Crippen molar-refractivity contribution in [3.05, 3.63) is 46.2 Å². The molecule has 19 heavy (non-hydrogen) atoms. The molecule has 0 radical (unpaired) electrons. The molecule has 1 heterocycles. The first-order valence-electron chi connectivity index (χ1n) is 6.01. The average molecular weight is 276 g/mol. The number of para-hydroxylation sites is 1. The van der Waals surface area contributed by atoms with E-state index in [9.17, 15) is 0 Å². The molecule has 0 amide bonds. The maximum Gasteiger partial charge on any atom is 0.137 e. The SMILES string of the molecule is CCn1nc(C)c(Cl)c1COc1ccccc1C#N. The van der Waals surface area contributed by atoms with Crippen molar-refractivity contribution in [3.63, 3.8) is 0 Å². The first-order chi connectivity index (χ1) is 9.17. The molecule has 0 bridgehead atoms. The van der Waals surface area contributed by atoms with Crippen molar-refractivity contribution < 1.29 is 4.74 Å². The fraction of sp³-hybridized carbons (Fsp3) is 0.286. The van der Waals surface area contributed by atoms with Crippen LogP contribution in [0.1, 0.15) is 23.9 Å². The lowest BCUT2D eigenvalue weighted by Crippen LogP contribution is -2.07. The van der Waals surface area contributed by atoms with Gasteiger partial charge >= 0.3 is 0 Å². The number of ether oxygens (including phenoxy) is 1. The maximum absolute atomic E-state index is 9.00. The molecule has 4 nitrogen and oxygen atoms in total. The molecule has 0 saturated carbocycles. The summed E-state index contributed by atoms with van der Waals surface area (Å²) in [6.45, 7) is 4.88. The summed E-state index contributed by atoms with van der Waals surface area (Å²) in [5, 5.41) is 13.9. The van der Waals surface area contributed by atoms with Crippen LogP contribution in [0, 0.1) is 18.3 Å². The standard InChI is InChI=1S/C14H14ClN3O/c1-3-18-12(14(15)10(2)17-18)9-19-13-7-5-4-6-11(13)8-16/h4-7H,3,9H2,1-2H3. The average Bonchev–Trinajstić information content (AvgIpc) is 2.72. The monoisotopic (exact) mass is 275 g/mol. The Bertz CT molecular complexity index is 628. The molecular weight excluding hydrogens is 262 g/mol. The van der Waals surface area contributed by atoms with E-state index in [0.717, 1.165) is 17.9 Å². The Labute approximate surface area is 117 Å². The minimum atomic E-state index is 0.298. The molecule has 0 fully saturated rings. The van der Waals surface area contributed by atoms with Gasteiger partial charge in [0, 0.05) is 6.54 Å². The van der Waals surface area contributed by atoms with Crippen LogP contribution in [0.2, 0.25) is 5.02 Å². The van der Waals surface area contributed by atoms with Gasteiger partial charge in [-0.15, -0.1) is 0 Å². The number of aryl methyl sites for hydroxylation is 2. The molecule has 0 spiro atoms. The first-order valence-corrected chi connectivity index (χ1v) is 6.38. The summed E-state index contributed by atoms with van der Waals surface area (Å²) in [5.74, 6) is 0.558. The highest BCUT2D eigenvalue weighted by molar-refractivity contribution is 6.31. The Morgan fingerprint density at radius 1 is 1.42 bits per heavy atom. The van der Waals surface area contributed by atoms with Gasteiger partial charge in [-0.1, -0.05) is 23.7 Å². The zero-order valence-electron chi connectivity index (χ0n) is 10.9. The molecule has 0 saturated heterocycles. The lowest BCUT2D eigenvalue weighted by molar-refractivity contribution is 0.292. The second-order valence-electron chi connectivity index (χ2n) is 4.06. The molecule has 0 N–H and O–H groups in total. The van der Waals surface area contributed by atoms with Gasteiger partial charge < -0.3 is 4.74 Å². The van der Waals surface area contributed by atoms with Gasteiger partial charge in [0.2, 0.25) is 0 Å². The zero-order valence-corrected chi connectivity index (χ0v) is 11.6. The summed E-state index contributed by atoms with van der Waals surface area (Å²) in [6.07, 6.45) is 0. The highest BCUT2D eigenvalue weighted by Gasteiger charge is 2.13. The van der Waals surface area contributed by atoms with Crippen molar-refractivity contribution in [3.8, 4) is 11.8 Å². The summed E-state index contributed by atoms with van der Waals surface area (Å²) in [7, 11) is 0. The molecule has 0 aliphatic carbocycles. The second kappa shape index (κ2) is 5.77. The van der Waals surface area contributed by atoms with Crippen molar-refractivity contribution in [2.45, 2.75) is 27.0 Å². The quantitative estimate of drug-likeness (QED) is 0.860. The van der Waals surface area contributed by atoms with Crippen molar-refractivity contribution in [1.29, 1.82) is 5.26 Å². The van der Waals surface area contributed by atoms with E-state index in [4.69, 9.17) is 21.6 Å². The fourth-order valence-corrected chi connectivity index (χ4v) is 2.03. The van der Waals surface area contributed by atoms with Crippen LogP contribution >= 0.6 is 11.6 Å². The number of nitrogens with zero attached hydrogens (tertiary/aromatic N) is 3. The van der Waals surface area contributed by atoms with E-state index < -0.39 is 0 Å². The third kappa shape index (κ3) is 2.72. The third-order valence-electron chi connectivity index (χ3n) is 2.82. The van der Waals surface area contributed by atoms with Crippen molar-refractivity contribution >= 4 is 11.6 Å². The Hall–Kier alpha value is -1.99. The second-order valence-corrected chi connectivity index (χ2v) is 4.44. The predicted molar refractivity (Wildman–Crippen MR) is 73.1 cm³/mol. The number of rotatable bonds is 4. The summed E-state index contributed by atoms with van der Waals surface area (Å²) in [6, 6.07) is 9.23. The van der Waals surface area contributed by atoms with Crippen LogP contribution in [0.4, 0.5) is 0 Å². The largest absolute Gasteiger partial charge is 0.486 e. The molecule has 5 heteroatoms. The van der Waals surface area contributed by atoms with Gasteiger partial charge in [-0.3, -0.25) is 4.68 Å². The smallest absolute Gasteiger partial charge is 0.137 e. The van der Waals surface area contributed by atoms with E-state index in [2.05, 4.69) is 11.2 Å². The summed E-state index contributed by atoms with van der Waals surface area (Å²) in [4.78, 5) is 0. The van der Waals surface area contributed by atoms with Crippen LogP contribution in [0.3, 0.4) is 0 Å². The van der Waals surface area contributed by atoms with Gasteiger partial charge in [0.1, 0.15) is 18.4 Å². The molecule has 2 aromatic rings. The van der Waals surface area contributed by atoms with E-state index in [1.807, 2.05) is 24.6 Å². The van der Waals surface area contributed by atoms with E-state index in [0.29, 0.717) is 22.9 Å². The number of benzene rings is 1. The zero-order chi connectivity index (χ0) is 13.8. The topological polar surface area (TPSA) is 50.8 Å². The molecule has 0 aliphatic rings. The first kappa shape index (κ1) is 13.4. The Kier molecular flexibility index (Phi) is 4.08. The minimum Gasteiger partial charge on any atom is -0.486 e. The van der Waals surface area contributed by atoms with Crippen molar-refractivity contribution in [2.24, 2.45) is 0 Å². The third-order valence-corrected chi connectivity index (χ3v) is 3.32. The lowest BCUT2D eigenvalue weighted by Gasteiger charge is -2.09. The normalized spacial score (nSPS) is 10.2. The molecule has 0 unspecified atom stereocenters. The van der Waals surface area contributed by atoms with Crippen molar-refractivity contribution in [1.82, 2.24) is 9.78 Å². The van der Waals surface area contributed by atoms with E-state index in [-0.39, 0.29) is 0 Å². The fourth-order valence-electron chi connectivity index (χ4n) is 1.84. The van der Waals surface area contributed by atoms with Gasteiger partial charge in [0.25, 0.3) is 0 Å². The molecule has 0 aliphatic heterocycles. The molecule has 1 aromatic carbocycles. The van der Waals surface area contributed by atoms with Crippen LogP contribution in [-0.2, 0) is 13.2 Å². The van der Waals surface area contributed by atoms with Gasteiger partial charge in [-0.2, -0.15) is 10.4 Å². The van der Waals surface area contributed by atoms with Crippen LogP contribution in [0.15, 0.2) is 24.3 Å². The van der Waals surface area contributed by atoms with Crippen molar-refractivity contribution in [2.75, 3.05) is 0 Å². The Morgan fingerprint density at radius 2 is 2.16 bits per heavy atom. The number of hydrogen-bond donors (Lipinski definition) is 0. The predicted octanol–water partition coefficient (Wildman–Crippen LogP) is 3.32. The van der Waals surface area contributed by atoms with Gasteiger partial charge in [-0.05, 0) is 26.0 Å². The van der Waals surface area contributed by atoms with Crippen LogP contribution < -0.4 is 4.74 Å². The number of nitriles is 1. The van der Waals surface area contributed by atoms with E-state index >= 15 is 0 Å². The van der Waals surface area contributed by atoms with E-state index in [1.165, 1.54) is 0 Å². The van der Waals surface area contributed by atoms with Gasteiger partial charge in [-0.25, -0.2) is 0 Å². The molecule has 1 aromatic heterocycles. The van der Waals surface area contributed by atoms with Crippen LogP contribution in [0.5, 0.6) is 5.75 Å². The van der Waals surface area contributed by atoms with E-state index in [1.54, 1.807) is 18.2 Å². The molecule has 98 valence electrons. The molecule has 2 rings (SSSR count). The maximum atomic E-state index is 9.00. The minimum absolute atomic E-state index is 0.298. The van der Waals surface area contributed by atoms with Gasteiger partial charge in [0.05, 0.1) is 22.0 Å². The highest BCUT2D eigenvalue weighted by Crippen LogP contribution is 2.23. The number of halogens is 1.